The summed E-state index contributed by atoms with van der Waals surface area (Å²) in [7, 11) is 0. The monoisotopic (exact) mass is 329 g/mol. The van der Waals surface area contributed by atoms with E-state index in [-0.39, 0.29) is 18.2 Å². The van der Waals surface area contributed by atoms with Crippen LogP contribution in [0.2, 0.25) is 0 Å². The van der Waals surface area contributed by atoms with Crippen LogP contribution in [-0.2, 0) is 9.59 Å². The Kier molecular flexibility index (Phi) is 5.15. The summed E-state index contributed by atoms with van der Waals surface area (Å²) in [5, 5.41) is 6.18. The van der Waals surface area contributed by atoms with E-state index in [9.17, 15) is 9.59 Å². The van der Waals surface area contributed by atoms with Crippen molar-refractivity contribution in [1.82, 2.24) is 10.6 Å². The van der Waals surface area contributed by atoms with Crippen LogP contribution >= 0.6 is 0 Å². The molecule has 0 aliphatic carbocycles. The second-order valence-electron chi connectivity index (χ2n) is 6.06. The lowest BCUT2D eigenvalue weighted by atomic mass is 10.1. The Morgan fingerprint density at radius 1 is 1.42 bits per heavy atom. The molecule has 2 heterocycles. The zero-order valence-corrected chi connectivity index (χ0v) is 13.9. The first-order valence-corrected chi connectivity index (χ1v) is 8.37. The average Bonchev–Trinajstić information content (AvgIpc) is 2.61. The smallest absolute Gasteiger partial charge is 0.267 e. The fourth-order valence-electron chi connectivity index (χ4n) is 2.93. The molecular weight excluding hydrogens is 306 g/mol. The SMILES string of the molecule is CC1Oc2ccccc2N(CCC(=O)NCC2=CCNCC2)C1=O. The van der Waals surface area contributed by atoms with Gasteiger partial charge in [0.15, 0.2) is 6.10 Å². The maximum absolute atomic E-state index is 12.4. The fourth-order valence-corrected chi connectivity index (χ4v) is 2.93. The normalized spacial score (nSPS) is 20.0. The maximum atomic E-state index is 12.4. The molecule has 1 aromatic carbocycles. The minimum absolute atomic E-state index is 0.0427. The molecule has 6 nitrogen and oxygen atoms in total. The summed E-state index contributed by atoms with van der Waals surface area (Å²) >= 11 is 0. The van der Waals surface area contributed by atoms with Crippen LogP contribution in [-0.4, -0.2) is 44.1 Å². The summed E-state index contributed by atoms with van der Waals surface area (Å²) in [6.07, 6.45) is 2.83. The van der Waals surface area contributed by atoms with E-state index in [1.807, 2.05) is 24.3 Å². The fraction of sp³-hybridized carbons (Fsp3) is 0.444. The summed E-state index contributed by atoms with van der Waals surface area (Å²) in [5.41, 5.74) is 1.98. The molecule has 2 aliphatic rings. The van der Waals surface area contributed by atoms with Crippen molar-refractivity contribution in [3.05, 3.63) is 35.9 Å². The molecule has 0 fully saturated rings. The van der Waals surface area contributed by atoms with Gasteiger partial charge in [0.25, 0.3) is 5.91 Å². The number of para-hydroxylation sites is 2. The van der Waals surface area contributed by atoms with Crippen LogP contribution in [0.4, 0.5) is 5.69 Å². The minimum atomic E-state index is -0.525. The van der Waals surface area contributed by atoms with Gasteiger partial charge in [0, 0.05) is 26.1 Å². The molecule has 0 aromatic heterocycles. The van der Waals surface area contributed by atoms with E-state index in [1.54, 1.807) is 11.8 Å². The van der Waals surface area contributed by atoms with Crippen molar-refractivity contribution < 1.29 is 14.3 Å². The molecule has 24 heavy (non-hydrogen) atoms. The number of nitrogens with one attached hydrogen (secondary N) is 2. The highest BCUT2D eigenvalue weighted by atomic mass is 16.5. The Morgan fingerprint density at radius 2 is 2.25 bits per heavy atom. The van der Waals surface area contributed by atoms with Gasteiger partial charge in [-0.3, -0.25) is 9.59 Å². The van der Waals surface area contributed by atoms with E-state index in [0.29, 0.717) is 18.8 Å². The first-order chi connectivity index (χ1) is 11.6. The molecule has 6 heteroatoms. The molecule has 1 atom stereocenters. The first-order valence-electron chi connectivity index (χ1n) is 8.37. The van der Waals surface area contributed by atoms with Crippen LogP contribution in [0.15, 0.2) is 35.9 Å². The van der Waals surface area contributed by atoms with Crippen molar-refractivity contribution in [2.75, 3.05) is 31.1 Å². The molecule has 2 amide bonds. The number of ether oxygens (including phenoxy) is 1. The predicted molar refractivity (Wildman–Crippen MR) is 92.1 cm³/mol. The molecule has 0 saturated heterocycles. The van der Waals surface area contributed by atoms with E-state index in [1.165, 1.54) is 5.57 Å². The number of benzene rings is 1. The largest absolute Gasteiger partial charge is 0.479 e. The lowest BCUT2D eigenvalue weighted by molar-refractivity contribution is -0.125. The third-order valence-corrected chi connectivity index (χ3v) is 4.31. The quantitative estimate of drug-likeness (QED) is 0.797. The molecule has 1 aromatic rings. The zero-order valence-electron chi connectivity index (χ0n) is 13.9. The number of hydrogen-bond acceptors (Lipinski definition) is 4. The van der Waals surface area contributed by atoms with Crippen molar-refractivity contribution in [3.63, 3.8) is 0 Å². The van der Waals surface area contributed by atoms with Crippen molar-refractivity contribution >= 4 is 17.5 Å². The van der Waals surface area contributed by atoms with Gasteiger partial charge in [-0.05, 0) is 32.0 Å². The van der Waals surface area contributed by atoms with Crippen molar-refractivity contribution in [2.45, 2.75) is 25.9 Å². The summed E-state index contributed by atoms with van der Waals surface area (Å²) in [5.74, 6) is 0.534. The van der Waals surface area contributed by atoms with Crippen molar-refractivity contribution in [2.24, 2.45) is 0 Å². The lowest BCUT2D eigenvalue weighted by Crippen LogP contribution is -2.45. The summed E-state index contributed by atoms with van der Waals surface area (Å²) < 4.78 is 5.60. The van der Waals surface area contributed by atoms with Crippen LogP contribution in [0.1, 0.15) is 19.8 Å². The molecule has 0 spiro atoms. The van der Waals surface area contributed by atoms with Gasteiger partial charge in [0.2, 0.25) is 5.91 Å². The van der Waals surface area contributed by atoms with Gasteiger partial charge >= 0.3 is 0 Å². The molecule has 1 unspecified atom stereocenters. The van der Waals surface area contributed by atoms with Gasteiger partial charge in [0.05, 0.1) is 5.69 Å². The van der Waals surface area contributed by atoms with Gasteiger partial charge in [-0.1, -0.05) is 23.8 Å². The van der Waals surface area contributed by atoms with Gasteiger partial charge in [-0.25, -0.2) is 0 Å². The maximum Gasteiger partial charge on any atom is 0.267 e. The molecule has 0 saturated carbocycles. The van der Waals surface area contributed by atoms with E-state index >= 15 is 0 Å². The number of carbonyl (C=O) groups is 2. The van der Waals surface area contributed by atoms with E-state index < -0.39 is 6.10 Å². The zero-order chi connectivity index (χ0) is 16.9. The molecular formula is C18H23N3O3. The molecule has 128 valence electrons. The third-order valence-electron chi connectivity index (χ3n) is 4.31. The summed E-state index contributed by atoms with van der Waals surface area (Å²) in [4.78, 5) is 26.1. The van der Waals surface area contributed by atoms with E-state index in [4.69, 9.17) is 4.74 Å². The number of hydrogen-bond donors (Lipinski definition) is 2. The van der Waals surface area contributed by atoms with Crippen molar-refractivity contribution in [3.8, 4) is 5.75 Å². The number of anilines is 1. The lowest BCUT2D eigenvalue weighted by Gasteiger charge is -2.32. The van der Waals surface area contributed by atoms with Gasteiger partial charge in [-0.2, -0.15) is 0 Å². The van der Waals surface area contributed by atoms with E-state index in [2.05, 4.69) is 16.7 Å². The Bertz CT molecular complexity index is 657. The Balaban J connectivity index is 1.56. The van der Waals surface area contributed by atoms with Crippen LogP contribution in [0.3, 0.4) is 0 Å². The molecule has 2 aliphatic heterocycles. The first kappa shape index (κ1) is 16.5. The minimum Gasteiger partial charge on any atom is -0.479 e. The Morgan fingerprint density at radius 3 is 3.04 bits per heavy atom. The number of amides is 2. The van der Waals surface area contributed by atoms with Gasteiger partial charge in [-0.15, -0.1) is 0 Å². The van der Waals surface area contributed by atoms with Gasteiger partial charge in [0.1, 0.15) is 5.75 Å². The Labute approximate surface area is 141 Å². The standard InChI is InChI=1S/C18H23N3O3/c1-13-18(23)21(15-4-2-3-5-16(15)24-13)11-8-17(22)20-12-14-6-9-19-10-7-14/h2-6,13,19H,7-12H2,1H3,(H,20,22). The molecule has 3 rings (SSSR count). The molecule has 0 bridgehead atoms. The van der Waals surface area contributed by atoms with Crippen LogP contribution in [0, 0.1) is 0 Å². The van der Waals surface area contributed by atoms with Crippen LogP contribution in [0.5, 0.6) is 5.75 Å². The highest BCUT2D eigenvalue weighted by molar-refractivity contribution is 6.00. The molecule has 2 N–H and O–H groups in total. The van der Waals surface area contributed by atoms with E-state index in [0.717, 1.165) is 25.2 Å². The second-order valence-corrected chi connectivity index (χ2v) is 6.06. The number of fused-ring (bicyclic) bond motifs is 1. The van der Waals surface area contributed by atoms with Crippen molar-refractivity contribution in [1.29, 1.82) is 0 Å². The van der Waals surface area contributed by atoms with Crippen LogP contribution in [0.25, 0.3) is 0 Å². The third kappa shape index (κ3) is 3.76. The number of rotatable bonds is 5. The second kappa shape index (κ2) is 7.49. The summed E-state index contributed by atoms with van der Waals surface area (Å²) in [6, 6.07) is 7.42. The number of nitrogens with zero attached hydrogens (tertiary/aromatic N) is 1. The van der Waals surface area contributed by atoms with Gasteiger partial charge < -0.3 is 20.3 Å². The van der Waals surface area contributed by atoms with Crippen LogP contribution < -0.4 is 20.3 Å². The highest BCUT2D eigenvalue weighted by Crippen LogP contribution is 2.33. The highest BCUT2D eigenvalue weighted by Gasteiger charge is 2.31. The predicted octanol–water partition coefficient (Wildman–Crippen LogP) is 1.23. The average molecular weight is 329 g/mol. The Hall–Kier alpha value is -2.34. The summed E-state index contributed by atoms with van der Waals surface area (Å²) in [6.45, 7) is 4.50. The topological polar surface area (TPSA) is 70.7 Å². The molecule has 0 radical (unpaired) electrons. The number of carbonyl (C=O) groups excluding carboxylic acids is 2.